The minimum atomic E-state index is -0.170. The third-order valence-electron chi connectivity index (χ3n) is 1.52. The molecule has 0 fully saturated rings. The van der Waals surface area contributed by atoms with Crippen LogP contribution in [0.5, 0.6) is 0 Å². The van der Waals surface area contributed by atoms with Gasteiger partial charge >= 0.3 is 0 Å². The Morgan fingerprint density at radius 3 is 2.30 bits per heavy atom. The molecule has 0 amide bonds. The van der Waals surface area contributed by atoms with Crippen LogP contribution in [0.25, 0.3) is 0 Å². The second kappa shape index (κ2) is 6.59. The summed E-state index contributed by atoms with van der Waals surface area (Å²) in [4.78, 5) is 0. The molecule has 0 rings (SSSR count). The maximum absolute atomic E-state index is 8.49. The van der Waals surface area contributed by atoms with Gasteiger partial charge in [0.25, 0.3) is 0 Å². The van der Waals surface area contributed by atoms with E-state index in [0.29, 0.717) is 6.42 Å². The van der Waals surface area contributed by atoms with Gasteiger partial charge in [-0.15, -0.1) is 5.73 Å². The van der Waals surface area contributed by atoms with Gasteiger partial charge in [0.1, 0.15) is 5.84 Å². The van der Waals surface area contributed by atoms with Crippen LogP contribution in [-0.4, -0.2) is 5.84 Å². The quantitative estimate of drug-likeness (QED) is 0.334. The van der Waals surface area contributed by atoms with E-state index in [9.17, 15) is 0 Å². The van der Waals surface area contributed by atoms with Crippen LogP contribution < -0.4 is 5.73 Å². The van der Waals surface area contributed by atoms with Gasteiger partial charge in [0.05, 0.1) is 0 Å². The molecule has 1 N–H and O–H groups in total. The SMILES string of the molecule is CCCCCCCC([N])=N. The molecule has 0 aromatic carbocycles. The smallest absolute Gasteiger partial charge is 0.143 e. The third-order valence-corrected chi connectivity index (χ3v) is 1.52. The van der Waals surface area contributed by atoms with E-state index in [2.05, 4.69) is 6.92 Å². The standard InChI is InChI=1S/C8H16N2/c1-2-3-4-5-6-7-8(9)10/h9H,2-7H2,1H3. The van der Waals surface area contributed by atoms with Crippen molar-refractivity contribution in [3.63, 3.8) is 0 Å². The molecule has 0 aromatic heterocycles. The van der Waals surface area contributed by atoms with Gasteiger partial charge in [0.15, 0.2) is 0 Å². The van der Waals surface area contributed by atoms with Gasteiger partial charge in [-0.3, -0.25) is 5.41 Å². The average Bonchev–Trinajstić information content (AvgIpc) is 1.87. The normalized spacial score (nSPS) is 9.70. The molecule has 0 heterocycles. The van der Waals surface area contributed by atoms with Crippen LogP contribution in [-0.2, 0) is 0 Å². The van der Waals surface area contributed by atoms with Crippen LogP contribution in [0.1, 0.15) is 45.4 Å². The van der Waals surface area contributed by atoms with Crippen molar-refractivity contribution in [1.82, 2.24) is 5.73 Å². The van der Waals surface area contributed by atoms with Gasteiger partial charge in [0.2, 0.25) is 0 Å². The number of nitrogens with zero attached hydrogens (tertiary/aromatic N) is 1. The first-order chi connectivity index (χ1) is 4.77. The lowest BCUT2D eigenvalue weighted by Crippen LogP contribution is -1.94. The zero-order valence-corrected chi connectivity index (χ0v) is 6.69. The maximum atomic E-state index is 8.49. The van der Waals surface area contributed by atoms with Gasteiger partial charge in [-0.2, -0.15) is 0 Å². The average molecular weight is 140 g/mol. The van der Waals surface area contributed by atoms with Crippen molar-refractivity contribution in [1.29, 1.82) is 5.41 Å². The predicted octanol–water partition coefficient (Wildman–Crippen LogP) is 2.39. The maximum Gasteiger partial charge on any atom is 0.143 e. The molecule has 0 aliphatic carbocycles. The molecule has 0 aromatic rings. The number of amidine groups is 1. The predicted molar refractivity (Wildman–Crippen MR) is 43.2 cm³/mol. The molecule has 0 aliphatic heterocycles. The van der Waals surface area contributed by atoms with Crippen LogP contribution in [0.15, 0.2) is 0 Å². The van der Waals surface area contributed by atoms with Crippen molar-refractivity contribution < 1.29 is 0 Å². The van der Waals surface area contributed by atoms with Crippen LogP contribution in [0, 0.1) is 5.41 Å². The number of hydrogen-bond donors (Lipinski definition) is 1. The highest BCUT2D eigenvalue weighted by atomic mass is 14.7. The van der Waals surface area contributed by atoms with Crippen LogP contribution >= 0.6 is 0 Å². The Kier molecular flexibility index (Phi) is 6.24. The number of unbranched alkanes of at least 4 members (excludes halogenated alkanes) is 4. The molecule has 10 heavy (non-hydrogen) atoms. The van der Waals surface area contributed by atoms with E-state index in [-0.39, 0.29) is 5.84 Å². The van der Waals surface area contributed by atoms with Gasteiger partial charge in [-0.1, -0.05) is 32.6 Å². The highest BCUT2D eigenvalue weighted by Crippen LogP contribution is 2.04. The topological polar surface area (TPSA) is 46.2 Å². The summed E-state index contributed by atoms with van der Waals surface area (Å²) >= 11 is 0. The summed E-state index contributed by atoms with van der Waals surface area (Å²) in [5, 5.41) is 6.73. The van der Waals surface area contributed by atoms with Gasteiger partial charge in [-0.25, -0.2) is 0 Å². The van der Waals surface area contributed by atoms with E-state index >= 15 is 0 Å². The fraction of sp³-hybridized carbons (Fsp3) is 0.875. The summed E-state index contributed by atoms with van der Waals surface area (Å²) in [5.41, 5.74) is 8.49. The zero-order valence-electron chi connectivity index (χ0n) is 6.69. The molecule has 2 radical (unpaired) electrons. The summed E-state index contributed by atoms with van der Waals surface area (Å²) in [5.74, 6) is -0.170. The number of hydrogen-bond acceptors (Lipinski definition) is 1. The van der Waals surface area contributed by atoms with Crippen molar-refractivity contribution in [3.05, 3.63) is 0 Å². The van der Waals surface area contributed by atoms with E-state index < -0.39 is 0 Å². The highest BCUT2D eigenvalue weighted by Gasteiger charge is 1.91. The molecule has 0 spiro atoms. The second-order valence-corrected chi connectivity index (χ2v) is 2.61. The van der Waals surface area contributed by atoms with Gasteiger partial charge in [-0.05, 0) is 6.42 Å². The third kappa shape index (κ3) is 7.47. The molecule has 0 atom stereocenters. The van der Waals surface area contributed by atoms with Crippen molar-refractivity contribution in [3.8, 4) is 0 Å². The molecule has 0 bridgehead atoms. The van der Waals surface area contributed by atoms with Gasteiger partial charge in [0, 0.05) is 6.42 Å². The Balaban J connectivity index is 2.84. The molecular formula is C8H16N2. The largest absolute Gasteiger partial charge is 0.285 e. The summed E-state index contributed by atoms with van der Waals surface area (Å²) in [7, 11) is 0. The fourth-order valence-corrected chi connectivity index (χ4v) is 0.896. The fourth-order valence-electron chi connectivity index (χ4n) is 0.896. The Labute approximate surface area is 63.3 Å². The Morgan fingerprint density at radius 1 is 1.20 bits per heavy atom. The van der Waals surface area contributed by atoms with Crippen molar-refractivity contribution in [2.75, 3.05) is 0 Å². The summed E-state index contributed by atoms with van der Waals surface area (Å²) in [6.07, 6.45) is 6.44. The zero-order chi connectivity index (χ0) is 7.82. The first-order valence-electron chi connectivity index (χ1n) is 4.03. The van der Waals surface area contributed by atoms with Crippen LogP contribution in [0.2, 0.25) is 0 Å². The number of rotatable bonds is 6. The highest BCUT2D eigenvalue weighted by molar-refractivity contribution is 5.75. The van der Waals surface area contributed by atoms with Crippen molar-refractivity contribution >= 4 is 5.84 Å². The first kappa shape index (κ1) is 9.47. The van der Waals surface area contributed by atoms with E-state index in [4.69, 9.17) is 11.1 Å². The molecule has 0 unspecified atom stereocenters. The van der Waals surface area contributed by atoms with E-state index in [1.54, 1.807) is 0 Å². The van der Waals surface area contributed by atoms with Crippen molar-refractivity contribution in [2.45, 2.75) is 45.4 Å². The summed E-state index contributed by atoms with van der Waals surface area (Å²) in [6.45, 7) is 2.17. The molecule has 0 saturated carbocycles. The number of nitrogens with one attached hydrogen (secondary N) is 1. The minimum Gasteiger partial charge on any atom is -0.285 e. The summed E-state index contributed by atoms with van der Waals surface area (Å²) < 4.78 is 0. The van der Waals surface area contributed by atoms with Crippen LogP contribution in [0.3, 0.4) is 0 Å². The molecule has 58 valence electrons. The van der Waals surface area contributed by atoms with E-state index in [0.717, 1.165) is 12.8 Å². The minimum absolute atomic E-state index is 0.170. The molecular weight excluding hydrogens is 124 g/mol. The first-order valence-corrected chi connectivity index (χ1v) is 4.03. The Morgan fingerprint density at radius 2 is 1.80 bits per heavy atom. The monoisotopic (exact) mass is 140 g/mol. The molecule has 2 nitrogen and oxygen atoms in total. The second-order valence-electron chi connectivity index (χ2n) is 2.61. The Hall–Kier alpha value is -0.530. The lowest BCUT2D eigenvalue weighted by atomic mass is 10.1. The van der Waals surface area contributed by atoms with E-state index in [1.165, 1.54) is 19.3 Å². The van der Waals surface area contributed by atoms with Crippen LogP contribution in [0.4, 0.5) is 0 Å². The van der Waals surface area contributed by atoms with Crippen molar-refractivity contribution in [2.24, 2.45) is 0 Å². The van der Waals surface area contributed by atoms with E-state index in [1.807, 2.05) is 0 Å². The lowest BCUT2D eigenvalue weighted by Gasteiger charge is -1.96. The molecule has 0 aliphatic rings. The molecule has 0 saturated heterocycles. The summed E-state index contributed by atoms with van der Waals surface area (Å²) in [6, 6.07) is 0. The molecule has 2 heteroatoms. The Bertz CT molecular complexity index is 89.3. The van der Waals surface area contributed by atoms with Gasteiger partial charge < -0.3 is 0 Å². The lowest BCUT2D eigenvalue weighted by molar-refractivity contribution is 0.642.